The lowest BCUT2D eigenvalue weighted by Gasteiger charge is -2.25. The van der Waals surface area contributed by atoms with Crippen LogP contribution in [0.1, 0.15) is 31.4 Å². The molecule has 1 aliphatic rings. The molecule has 5 nitrogen and oxygen atoms in total. The van der Waals surface area contributed by atoms with E-state index < -0.39 is 0 Å². The molecular weight excluding hydrogens is 254 g/mol. The molecule has 1 fully saturated rings. The highest BCUT2D eigenvalue weighted by Gasteiger charge is 2.33. The minimum Gasteiger partial charge on any atom is -0.316 e. The van der Waals surface area contributed by atoms with Crippen LogP contribution >= 0.6 is 0 Å². The van der Waals surface area contributed by atoms with Gasteiger partial charge in [0.05, 0.1) is 4.92 Å². The number of hydrogen-bond donors (Lipinski definition) is 1. The molecule has 1 aromatic rings. The number of nitro groups is 1. The van der Waals surface area contributed by atoms with E-state index in [1.807, 2.05) is 6.07 Å². The van der Waals surface area contributed by atoms with Gasteiger partial charge < -0.3 is 5.32 Å². The van der Waals surface area contributed by atoms with Crippen molar-refractivity contribution in [1.29, 1.82) is 0 Å². The van der Waals surface area contributed by atoms with Crippen LogP contribution in [0.5, 0.6) is 0 Å². The number of nitro benzene ring substituents is 1. The van der Waals surface area contributed by atoms with Crippen molar-refractivity contribution in [2.24, 2.45) is 5.92 Å². The van der Waals surface area contributed by atoms with Gasteiger partial charge in [-0.05, 0) is 51.0 Å². The lowest BCUT2D eigenvalue weighted by molar-refractivity contribution is -0.385. The van der Waals surface area contributed by atoms with Gasteiger partial charge in [-0.1, -0.05) is 19.1 Å². The van der Waals surface area contributed by atoms with Crippen LogP contribution in [-0.4, -0.2) is 36.5 Å². The zero-order valence-electron chi connectivity index (χ0n) is 12.2. The molecule has 0 amide bonds. The molecule has 0 radical (unpaired) electrons. The summed E-state index contributed by atoms with van der Waals surface area (Å²) in [6.07, 6.45) is 2.27. The minimum absolute atomic E-state index is 0.183. The number of rotatable bonds is 6. The zero-order chi connectivity index (χ0) is 14.5. The standard InChI is InChI=1S/C15H23N3O2/c1-3-8-16-11-13-7-9-17(2)15(13)12-5-4-6-14(10-12)18(19)20/h4-6,10,13,15-16H,3,7-9,11H2,1-2H3. The lowest BCUT2D eigenvalue weighted by atomic mass is 9.93. The predicted molar refractivity (Wildman–Crippen MR) is 79.7 cm³/mol. The van der Waals surface area contributed by atoms with Gasteiger partial charge in [0.1, 0.15) is 0 Å². The molecule has 0 spiro atoms. The predicted octanol–water partition coefficient (Wildman–Crippen LogP) is 2.59. The van der Waals surface area contributed by atoms with Crippen molar-refractivity contribution in [1.82, 2.24) is 10.2 Å². The van der Waals surface area contributed by atoms with Crippen LogP contribution in [0.4, 0.5) is 5.69 Å². The summed E-state index contributed by atoms with van der Waals surface area (Å²) in [4.78, 5) is 12.9. The summed E-state index contributed by atoms with van der Waals surface area (Å²) in [5, 5.41) is 14.4. The lowest BCUT2D eigenvalue weighted by Crippen LogP contribution is -2.29. The summed E-state index contributed by atoms with van der Waals surface area (Å²) in [6.45, 7) is 5.21. The van der Waals surface area contributed by atoms with Crippen molar-refractivity contribution in [2.45, 2.75) is 25.8 Å². The van der Waals surface area contributed by atoms with Gasteiger partial charge in [0.15, 0.2) is 0 Å². The molecule has 0 saturated carbocycles. The van der Waals surface area contributed by atoms with E-state index in [0.29, 0.717) is 5.92 Å². The number of hydrogen-bond acceptors (Lipinski definition) is 4. The van der Waals surface area contributed by atoms with Crippen LogP contribution in [0.25, 0.3) is 0 Å². The second-order valence-electron chi connectivity index (χ2n) is 5.53. The Hall–Kier alpha value is -1.46. The summed E-state index contributed by atoms with van der Waals surface area (Å²) in [5.74, 6) is 0.522. The highest BCUT2D eigenvalue weighted by molar-refractivity contribution is 5.36. The van der Waals surface area contributed by atoms with E-state index in [2.05, 4.69) is 24.2 Å². The molecule has 2 rings (SSSR count). The Balaban J connectivity index is 2.14. The monoisotopic (exact) mass is 277 g/mol. The molecule has 5 heteroatoms. The van der Waals surface area contributed by atoms with Crippen molar-refractivity contribution in [2.75, 3.05) is 26.7 Å². The number of non-ortho nitro benzene ring substituents is 1. The van der Waals surface area contributed by atoms with E-state index in [4.69, 9.17) is 0 Å². The van der Waals surface area contributed by atoms with Crippen molar-refractivity contribution >= 4 is 5.69 Å². The molecule has 0 bridgehead atoms. The fraction of sp³-hybridized carbons (Fsp3) is 0.600. The average Bonchev–Trinajstić information content (AvgIpc) is 2.80. The van der Waals surface area contributed by atoms with Gasteiger partial charge in [-0.15, -0.1) is 0 Å². The Labute approximate surface area is 120 Å². The maximum absolute atomic E-state index is 10.9. The first-order valence-corrected chi connectivity index (χ1v) is 7.28. The summed E-state index contributed by atoms with van der Waals surface area (Å²) >= 11 is 0. The number of benzene rings is 1. The molecule has 0 aromatic heterocycles. The van der Waals surface area contributed by atoms with E-state index in [1.54, 1.807) is 18.2 Å². The topological polar surface area (TPSA) is 58.4 Å². The van der Waals surface area contributed by atoms with Gasteiger partial charge in [0.25, 0.3) is 5.69 Å². The van der Waals surface area contributed by atoms with Gasteiger partial charge in [0, 0.05) is 18.2 Å². The average molecular weight is 277 g/mol. The molecule has 1 heterocycles. The Kier molecular flexibility index (Phi) is 5.09. The summed E-state index contributed by atoms with van der Waals surface area (Å²) in [5.41, 5.74) is 1.24. The summed E-state index contributed by atoms with van der Waals surface area (Å²) in [6, 6.07) is 7.35. The van der Waals surface area contributed by atoms with Crippen LogP contribution in [-0.2, 0) is 0 Å². The Morgan fingerprint density at radius 3 is 3.00 bits per heavy atom. The molecule has 0 aliphatic carbocycles. The fourth-order valence-electron chi connectivity index (χ4n) is 3.05. The Morgan fingerprint density at radius 2 is 2.30 bits per heavy atom. The van der Waals surface area contributed by atoms with Crippen molar-refractivity contribution < 1.29 is 4.92 Å². The quantitative estimate of drug-likeness (QED) is 0.493. The van der Waals surface area contributed by atoms with Crippen LogP contribution in [0, 0.1) is 16.0 Å². The van der Waals surface area contributed by atoms with Crippen molar-refractivity contribution in [3.8, 4) is 0 Å². The molecule has 20 heavy (non-hydrogen) atoms. The number of nitrogens with zero attached hydrogens (tertiary/aromatic N) is 2. The zero-order valence-corrected chi connectivity index (χ0v) is 12.2. The van der Waals surface area contributed by atoms with E-state index in [-0.39, 0.29) is 16.7 Å². The first-order valence-electron chi connectivity index (χ1n) is 7.28. The van der Waals surface area contributed by atoms with Crippen LogP contribution < -0.4 is 5.32 Å². The van der Waals surface area contributed by atoms with Crippen LogP contribution in [0.15, 0.2) is 24.3 Å². The highest BCUT2D eigenvalue weighted by Crippen LogP contribution is 2.36. The normalized spacial score (nSPS) is 23.1. The first kappa shape index (κ1) is 14.9. The van der Waals surface area contributed by atoms with E-state index in [0.717, 1.165) is 38.0 Å². The molecule has 2 unspecified atom stereocenters. The minimum atomic E-state index is -0.317. The second kappa shape index (κ2) is 6.81. The molecular formula is C15H23N3O2. The molecule has 1 aromatic carbocycles. The number of nitrogens with one attached hydrogen (secondary N) is 1. The molecule has 1 N–H and O–H groups in total. The SMILES string of the molecule is CCCNCC1CCN(C)C1c1cccc([N+](=O)[O-])c1. The third-order valence-corrected chi connectivity index (χ3v) is 4.03. The Morgan fingerprint density at radius 1 is 1.50 bits per heavy atom. The van der Waals surface area contributed by atoms with E-state index >= 15 is 0 Å². The van der Waals surface area contributed by atoms with Gasteiger partial charge in [0.2, 0.25) is 0 Å². The summed E-state index contributed by atoms with van der Waals surface area (Å²) < 4.78 is 0. The van der Waals surface area contributed by atoms with Gasteiger partial charge in [-0.25, -0.2) is 0 Å². The van der Waals surface area contributed by atoms with E-state index in [9.17, 15) is 10.1 Å². The maximum atomic E-state index is 10.9. The van der Waals surface area contributed by atoms with E-state index in [1.165, 1.54) is 0 Å². The maximum Gasteiger partial charge on any atom is 0.269 e. The third-order valence-electron chi connectivity index (χ3n) is 4.03. The van der Waals surface area contributed by atoms with Crippen molar-refractivity contribution in [3.63, 3.8) is 0 Å². The Bertz CT molecular complexity index is 464. The molecule has 2 atom stereocenters. The highest BCUT2D eigenvalue weighted by atomic mass is 16.6. The first-order chi connectivity index (χ1) is 9.63. The fourth-order valence-corrected chi connectivity index (χ4v) is 3.05. The smallest absolute Gasteiger partial charge is 0.269 e. The molecule has 110 valence electrons. The second-order valence-corrected chi connectivity index (χ2v) is 5.53. The molecule has 1 saturated heterocycles. The largest absolute Gasteiger partial charge is 0.316 e. The van der Waals surface area contributed by atoms with Crippen LogP contribution in [0.2, 0.25) is 0 Å². The summed E-state index contributed by atoms with van der Waals surface area (Å²) in [7, 11) is 2.10. The van der Waals surface area contributed by atoms with Gasteiger partial charge >= 0.3 is 0 Å². The van der Waals surface area contributed by atoms with Crippen molar-refractivity contribution in [3.05, 3.63) is 39.9 Å². The number of likely N-dealkylation sites (tertiary alicyclic amines) is 1. The van der Waals surface area contributed by atoms with Gasteiger partial charge in [-0.3, -0.25) is 15.0 Å². The van der Waals surface area contributed by atoms with Crippen LogP contribution in [0.3, 0.4) is 0 Å². The third kappa shape index (κ3) is 3.35. The molecule has 1 aliphatic heterocycles. The van der Waals surface area contributed by atoms with Gasteiger partial charge in [-0.2, -0.15) is 0 Å².